The Hall–Kier alpha value is -1.07. The first-order valence-electron chi connectivity index (χ1n) is 7.70. The summed E-state index contributed by atoms with van der Waals surface area (Å²) in [6, 6.07) is 5.94. The van der Waals surface area contributed by atoms with Crippen molar-refractivity contribution < 1.29 is 9.53 Å². The van der Waals surface area contributed by atoms with Crippen molar-refractivity contribution in [3.63, 3.8) is 0 Å². The fraction of sp³-hybridized carbons (Fsp3) is 0.625. The Kier molecular flexibility index (Phi) is 6.06. The molecule has 116 valence electrons. The van der Waals surface area contributed by atoms with Crippen molar-refractivity contribution in [3.05, 3.63) is 24.4 Å². The molecule has 2 atom stereocenters. The summed E-state index contributed by atoms with van der Waals surface area (Å²) in [5, 5.41) is 4.87. The third-order valence-electron chi connectivity index (χ3n) is 3.77. The number of nitrogens with zero attached hydrogens (tertiary/aromatic N) is 1. The van der Waals surface area contributed by atoms with Gasteiger partial charge in [-0.3, -0.25) is 4.79 Å². The summed E-state index contributed by atoms with van der Waals surface area (Å²) in [4.78, 5) is 16.7. The molecule has 1 fully saturated rings. The van der Waals surface area contributed by atoms with Crippen molar-refractivity contribution in [2.24, 2.45) is 0 Å². The van der Waals surface area contributed by atoms with Crippen molar-refractivity contribution in [3.8, 4) is 0 Å². The molecule has 0 spiro atoms. The minimum atomic E-state index is -0.502. The van der Waals surface area contributed by atoms with Crippen LogP contribution in [0.2, 0.25) is 0 Å². The summed E-state index contributed by atoms with van der Waals surface area (Å²) < 4.78 is 5.30. The maximum absolute atomic E-state index is 12.4. The minimum absolute atomic E-state index is 0.0948. The predicted molar refractivity (Wildman–Crippen MR) is 85.4 cm³/mol. The molecule has 1 saturated carbocycles. The fourth-order valence-corrected chi connectivity index (χ4v) is 3.96. The van der Waals surface area contributed by atoms with Gasteiger partial charge in [0.25, 0.3) is 0 Å². The molecular weight excluding hydrogens is 284 g/mol. The lowest BCUT2D eigenvalue weighted by Gasteiger charge is -2.28. The monoisotopic (exact) mass is 308 g/mol. The van der Waals surface area contributed by atoms with E-state index in [2.05, 4.69) is 17.2 Å². The Morgan fingerprint density at radius 1 is 1.52 bits per heavy atom. The number of esters is 1. The third kappa shape index (κ3) is 4.20. The number of thioether (sulfide) groups is 1. The highest BCUT2D eigenvalue weighted by molar-refractivity contribution is 7.99. The molecule has 2 unspecified atom stereocenters. The fourth-order valence-electron chi connectivity index (χ4n) is 2.74. The van der Waals surface area contributed by atoms with Gasteiger partial charge in [-0.05, 0) is 51.3 Å². The lowest BCUT2D eigenvalue weighted by Crippen LogP contribution is -2.51. The molecule has 2 rings (SSSR count). The highest BCUT2D eigenvalue weighted by Gasteiger charge is 2.46. The molecule has 0 radical (unpaired) electrons. The highest BCUT2D eigenvalue weighted by Crippen LogP contribution is 2.40. The molecule has 1 aliphatic rings. The van der Waals surface area contributed by atoms with Crippen LogP contribution in [0.5, 0.6) is 0 Å². The van der Waals surface area contributed by atoms with E-state index < -0.39 is 5.54 Å². The number of hydrogen-bond acceptors (Lipinski definition) is 5. The lowest BCUT2D eigenvalue weighted by atomic mass is 9.97. The van der Waals surface area contributed by atoms with E-state index in [0.717, 1.165) is 37.3 Å². The van der Waals surface area contributed by atoms with Gasteiger partial charge in [-0.1, -0.05) is 13.0 Å². The maximum atomic E-state index is 12.4. The summed E-state index contributed by atoms with van der Waals surface area (Å²) in [7, 11) is 0. The second-order valence-electron chi connectivity index (χ2n) is 5.38. The smallest absolute Gasteiger partial charge is 0.326 e. The van der Waals surface area contributed by atoms with Gasteiger partial charge in [-0.2, -0.15) is 0 Å². The lowest BCUT2D eigenvalue weighted by molar-refractivity contribution is -0.151. The molecule has 1 aromatic rings. The predicted octanol–water partition coefficient (Wildman–Crippen LogP) is 3.03. The van der Waals surface area contributed by atoms with E-state index in [-0.39, 0.29) is 5.97 Å². The Morgan fingerprint density at radius 2 is 2.38 bits per heavy atom. The number of rotatable bonds is 7. The molecule has 0 amide bonds. The van der Waals surface area contributed by atoms with Gasteiger partial charge < -0.3 is 10.1 Å². The van der Waals surface area contributed by atoms with Crippen molar-refractivity contribution in [2.75, 3.05) is 13.2 Å². The maximum Gasteiger partial charge on any atom is 0.326 e. The molecule has 1 aliphatic carbocycles. The summed E-state index contributed by atoms with van der Waals surface area (Å²) >= 11 is 1.76. The van der Waals surface area contributed by atoms with E-state index in [0.29, 0.717) is 11.9 Å². The van der Waals surface area contributed by atoms with Gasteiger partial charge in [0, 0.05) is 11.4 Å². The van der Waals surface area contributed by atoms with Gasteiger partial charge in [0.2, 0.25) is 0 Å². The molecule has 4 nitrogen and oxygen atoms in total. The zero-order valence-electron chi connectivity index (χ0n) is 12.8. The first-order valence-corrected chi connectivity index (χ1v) is 8.58. The molecule has 0 aromatic carbocycles. The SMILES string of the molecule is CCCNC1(C(=O)OCC)CCC(Sc2ccccn2)C1. The molecular formula is C16H24N2O2S. The molecule has 21 heavy (non-hydrogen) atoms. The first-order chi connectivity index (χ1) is 10.2. The van der Waals surface area contributed by atoms with Crippen molar-refractivity contribution in [1.82, 2.24) is 10.3 Å². The van der Waals surface area contributed by atoms with Crippen LogP contribution in [-0.2, 0) is 9.53 Å². The number of pyridine rings is 1. The summed E-state index contributed by atoms with van der Waals surface area (Å²) in [5.41, 5.74) is -0.502. The van der Waals surface area contributed by atoms with Gasteiger partial charge >= 0.3 is 5.97 Å². The molecule has 0 aliphatic heterocycles. The topological polar surface area (TPSA) is 51.2 Å². The standard InChI is InChI=1S/C16H24N2O2S/c1-3-10-18-16(15(19)20-4-2)9-8-13(12-16)21-14-7-5-6-11-17-14/h5-7,11,13,18H,3-4,8-10,12H2,1-2H3. The summed E-state index contributed by atoms with van der Waals surface area (Å²) in [6.07, 6.45) is 5.49. The van der Waals surface area contributed by atoms with Crippen LogP contribution in [-0.4, -0.2) is 34.9 Å². The molecule has 5 heteroatoms. The average Bonchev–Trinajstić information content (AvgIpc) is 2.91. The number of hydrogen-bond donors (Lipinski definition) is 1. The van der Waals surface area contributed by atoms with E-state index in [9.17, 15) is 4.79 Å². The van der Waals surface area contributed by atoms with Gasteiger partial charge in [0.05, 0.1) is 11.6 Å². The molecule has 0 saturated heterocycles. The molecule has 1 aromatic heterocycles. The second-order valence-corrected chi connectivity index (χ2v) is 6.70. The second kappa shape index (κ2) is 7.80. The Labute approximate surface area is 131 Å². The normalized spacial score (nSPS) is 25.0. The zero-order chi connectivity index (χ0) is 15.1. The Bertz CT molecular complexity index is 455. The average molecular weight is 308 g/mol. The van der Waals surface area contributed by atoms with E-state index in [1.807, 2.05) is 31.3 Å². The van der Waals surface area contributed by atoms with Crippen LogP contribution in [0.3, 0.4) is 0 Å². The number of aromatic nitrogens is 1. The minimum Gasteiger partial charge on any atom is -0.465 e. The largest absolute Gasteiger partial charge is 0.465 e. The van der Waals surface area contributed by atoms with E-state index in [1.165, 1.54) is 0 Å². The Morgan fingerprint density at radius 3 is 3.05 bits per heavy atom. The van der Waals surface area contributed by atoms with Crippen LogP contribution in [0.25, 0.3) is 0 Å². The van der Waals surface area contributed by atoms with Crippen molar-refractivity contribution in [2.45, 2.75) is 55.3 Å². The van der Waals surface area contributed by atoms with Crippen LogP contribution < -0.4 is 5.32 Å². The van der Waals surface area contributed by atoms with Crippen LogP contribution in [0.4, 0.5) is 0 Å². The summed E-state index contributed by atoms with van der Waals surface area (Å²) in [5.74, 6) is -0.0948. The number of carbonyl (C=O) groups is 1. The quantitative estimate of drug-likeness (QED) is 0.785. The van der Waals surface area contributed by atoms with Gasteiger partial charge in [0.1, 0.15) is 5.54 Å². The van der Waals surface area contributed by atoms with Crippen LogP contribution in [0.1, 0.15) is 39.5 Å². The highest BCUT2D eigenvalue weighted by atomic mass is 32.2. The summed E-state index contributed by atoms with van der Waals surface area (Å²) in [6.45, 7) is 5.26. The van der Waals surface area contributed by atoms with E-state index in [1.54, 1.807) is 11.8 Å². The van der Waals surface area contributed by atoms with Crippen LogP contribution in [0, 0.1) is 0 Å². The van der Waals surface area contributed by atoms with Crippen molar-refractivity contribution in [1.29, 1.82) is 0 Å². The first kappa shape index (κ1) is 16.3. The van der Waals surface area contributed by atoms with Crippen LogP contribution in [0.15, 0.2) is 29.4 Å². The Balaban J connectivity index is 2.01. The third-order valence-corrected chi connectivity index (χ3v) is 4.99. The van der Waals surface area contributed by atoms with Gasteiger partial charge in [-0.15, -0.1) is 11.8 Å². The van der Waals surface area contributed by atoms with Crippen molar-refractivity contribution >= 4 is 17.7 Å². The number of nitrogens with one attached hydrogen (secondary N) is 1. The number of carbonyl (C=O) groups excluding carboxylic acids is 1. The molecule has 0 bridgehead atoms. The van der Waals surface area contributed by atoms with Gasteiger partial charge in [0.15, 0.2) is 0 Å². The zero-order valence-corrected chi connectivity index (χ0v) is 13.6. The van der Waals surface area contributed by atoms with E-state index in [4.69, 9.17) is 4.74 Å². The number of ether oxygens (including phenoxy) is 1. The van der Waals surface area contributed by atoms with Gasteiger partial charge in [-0.25, -0.2) is 4.98 Å². The molecule has 1 heterocycles. The van der Waals surface area contributed by atoms with E-state index >= 15 is 0 Å². The van der Waals surface area contributed by atoms with Crippen LogP contribution >= 0.6 is 11.8 Å². The molecule has 1 N–H and O–H groups in total.